The minimum atomic E-state index is -0.630. The third kappa shape index (κ3) is 3.72. The number of ether oxygens (including phenoxy) is 1. The van der Waals surface area contributed by atoms with Crippen molar-refractivity contribution >= 4 is 11.8 Å². The third-order valence-electron chi connectivity index (χ3n) is 2.41. The zero-order valence-electron chi connectivity index (χ0n) is 9.55. The summed E-state index contributed by atoms with van der Waals surface area (Å²) in [5.74, 6) is -1.30. The molecule has 1 rings (SSSR count). The number of benzene rings is 1. The number of ketones is 1. The maximum Gasteiger partial charge on any atom is 0.306 e. The summed E-state index contributed by atoms with van der Waals surface area (Å²) >= 11 is 0. The smallest absolute Gasteiger partial charge is 0.306 e. The highest BCUT2D eigenvalue weighted by Crippen LogP contribution is 2.16. The van der Waals surface area contributed by atoms with Crippen LogP contribution in [0.25, 0.3) is 0 Å². The van der Waals surface area contributed by atoms with E-state index < -0.39 is 11.9 Å². The van der Waals surface area contributed by atoms with Gasteiger partial charge in [-0.05, 0) is 0 Å². The van der Waals surface area contributed by atoms with Crippen LogP contribution in [0, 0.1) is 17.2 Å². The van der Waals surface area contributed by atoms with Crippen molar-refractivity contribution in [2.24, 2.45) is 5.92 Å². The van der Waals surface area contributed by atoms with Crippen LogP contribution >= 0.6 is 0 Å². The Morgan fingerprint density at radius 1 is 1.35 bits per heavy atom. The van der Waals surface area contributed by atoms with Crippen LogP contribution in [0.15, 0.2) is 30.3 Å². The first kappa shape index (κ1) is 12.9. The van der Waals surface area contributed by atoms with Gasteiger partial charge in [0.15, 0.2) is 5.78 Å². The molecule has 1 aromatic carbocycles. The molecule has 0 saturated carbocycles. The Morgan fingerprint density at radius 2 is 2.00 bits per heavy atom. The van der Waals surface area contributed by atoms with Gasteiger partial charge in [-0.1, -0.05) is 30.3 Å². The molecule has 0 radical (unpaired) electrons. The summed E-state index contributed by atoms with van der Waals surface area (Å²) in [5, 5.41) is 8.66. The standard InChI is InChI=1S/C13H13NO3/c1-17-12(15)9-11(7-8-14)13(16)10-5-3-2-4-6-10/h2-6,11H,7,9H2,1H3. The van der Waals surface area contributed by atoms with Crippen molar-refractivity contribution in [3.05, 3.63) is 35.9 Å². The van der Waals surface area contributed by atoms with Gasteiger partial charge in [0.05, 0.1) is 19.6 Å². The predicted molar refractivity (Wildman–Crippen MR) is 61.1 cm³/mol. The normalized spacial score (nSPS) is 11.3. The fraction of sp³-hybridized carbons (Fsp3) is 0.308. The second-order valence-corrected chi connectivity index (χ2v) is 3.57. The summed E-state index contributed by atoms with van der Waals surface area (Å²) in [4.78, 5) is 23.2. The summed E-state index contributed by atoms with van der Waals surface area (Å²) in [6, 6.07) is 10.6. The number of carbonyl (C=O) groups is 2. The molecule has 4 heteroatoms. The highest BCUT2D eigenvalue weighted by atomic mass is 16.5. The van der Waals surface area contributed by atoms with Crippen molar-refractivity contribution in [3.63, 3.8) is 0 Å². The van der Waals surface area contributed by atoms with Gasteiger partial charge in [-0.3, -0.25) is 9.59 Å². The molecule has 0 heterocycles. The first-order valence-corrected chi connectivity index (χ1v) is 5.22. The maximum absolute atomic E-state index is 12.0. The average Bonchev–Trinajstić information content (AvgIpc) is 2.38. The largest absolute Gasteiger partial charge is 0.469 e. The molecular weight excluding hydrogens is 218 g/mol. The molecule has 0 fully saturated rings. The molecule has 88 valence electrons. The highest BCUT2D eigenvalue weighted by Gasteiger charge is 2.23. The number of hydrogen-bond donors (Lipinski definition) is 0. The van der Waals surface area contributed by atoms with E-state index in [0.29, 0.717) is 5.56 Å². The van der Waals surface area contributed by atoms with E-state index in [2.05, 4.69) is 4.74 Å². The molecule has 0 spiro atoms. The minimum absolute atomic E-state index is 0.0167. The predicted octanol–water partition coefficient (Wildman–Crippen LogP) is 1.96. The van der Waals surface area contributed by atoms with Gasteiger partial charge < -0.3 is 4.74 Å². The van der Waals surface area contributed by atoms with Gasteiger partial charge >= 0.3 is 5.97 Å². The van der Waals surface area contributed by atoms with E-state index in [-0.39, 0.29) is 18.6 Å². The summed E-state index contributed by atoms with van der Waals surface area (Å²) in [5.41, 5.74) is 0.511. The molecule has 0 N–H and O–H groups in total. The molecule has 17 heavy (non-hydrogen) atoms. The van der Waals surface area contributed by atoms with Crippen molar-refractivity contribution in [2.75, 3.05) is 7.11 Å². The number of carbonyl (C=O) groups excluding carboxylic acids is 2. The van der Waals surface area contributed by atoms with E-state index >= 15 is 0 Å². The molecule has 0 aliphatic rings. The topological polar surface area (TPSA) is 67.2 Å². The average molecular weight is 231 g/mol. The molecule has 0 aromatic heterocycles. The summed E-state index contributed by atoms with van der Waals surface area (Å²) in [7, 11) is 1.26. The van der Waals surface area contributed by atoms with Crippen molar-refractivity contribution in [3.8, 4) is 6.07 Å². The summed E-state index contributed by atoms with van der Waals surface area (Å²) < 4.78 is 4.51. The quantitative estimate of drug-likeness (QED) is 0.574. The zero-order chi connectivity index (χ0) is 12.7. The lowest BCUT2D eigenvalue weighted by Gasteiger charge is -2.10. The molecule has 1 aromatic rings. The first-order valence-electron chi connectivity index (χ1n) is 5.22. The van der Waals surface area contributed by atoms with E-state index in [1.165, 1.54) is 7.11 Å². The van der Waals surface area contributed by atoms with Gasteiger partial charge in [-0.15, -0.1) is 0 Å². The van der Waals surface area contributed by atoms with Gasteiger partial charge in [-0.2, -0.15) is 5.26 Å². The Hall–Kier alpha value is -2.15. The van der Waals surface area contributed by atoms with E-state index in [0.717, 1.165) is 0 Å². The fourth-order valence-electron chi connectivity index (χ4n) is 1.49. The highest BCUT2D eigenvalue weighted by molar-refractivity contribution is 5.99. The van der Waals surface area contributed by atoms with E-state index in [9.17, 15) is 9.59 Å². The molecule has 1 unspecified atom stereocenters. The van der Waals surface area contributed by atoms with E-state index in [4.69, 9.17) is 5.26 Å². The molecule has 0 bridgehead atoms. The fourth-order valence-corrected chi connectivity index (χ4v) is 1.49. The Labute approximate surface area is 99.8 Å². The monoisotopic (exact) mass is 231 g/mol. The first-order chi connectivity index (χ1) is 8.19. The number of Topliss-reactive ketones (excluding diaryl/α,β-unsaturated/α-hetero) is 1. The number of rotatable bonds is 5. The Bertz CT molecular complexity index is 434. The van der Waals surface area contributed by atoms with Crippen LogP contribution in [-0.4, -0.2) is 18.9 Å². The number of nitrogens with zero attached hydrogens (tertiary/aromatic N) is 1. The van der Waals surface area contributed by atoms with Crippen molar-refractivity contribution in [1.29, 1.82) is 5.26 Å². The van der Waals surface area contributed by atoms with Crippen LogP contribution in [0.2, 0.25) is 0 Å². The van der Waals surface area contributed by atoms with Gasteiger partial charge in [0.25, 0.3) is 0 Å². The minimum Gasteiger partial charge on any atom is -0.469 e. The summed E-state index contributed by atoms with van der Waals surface area (Å²) in [6.45, 7) is 0. The Morgan fingerprint density at radius 3 is 2.53 bits per heavy atom. The summed E-state index contributed by atoms with van der Waals surface area (Å²) in [6.07, 6.45) is -0.0411. The van der Waals surface area contributed by atoms with Crippen LogP contribution in [0.5, 0.6) is 0 Å². The van der Waals surface area contributed by atoms with Crippen LogP contribution in [0.1, 0.15) is 23.2 Å². The molecule has 4 nitrogen and oxygen atoms in total. The Balaban J connectivity index is 2.81. The molecule has 0 saturated heterocycles. The van der Waals surface area contributed by atoms with Gasteiger partial charge in [-0.25, -0.2) is 0 Å². The van der Waals surface area contributed by atoms with Crippen LogP contribution in [0.3, 0.4) is 0 Å². The van der Waals surface area contributed by atoms with E-state index in [1.54, 1.807) is 30.3 Å². The van der Waals surface area contributed by atoms with Gasteiger partial charge in [0, 0.05) is 17.9 Å². The molecule has 1 atom stereocenters. The number of esters is 1. The second kappa shape index (κ2) is 6.44. The lowest BCUT2D eigenvalue weighted by molar-refractivity contribution is -0.141. The Kier molecular flexibility index (Phi) is 4.89. The third-order valence-corrected chi connectivity index (χ3v) is 2.41. The second-order valence-electron chi connectivity index (χ2n) is 3.57. The number of methoxy groups -OCH3 is 1. The maximum atomic E-state index is 12.0. The van der Waals surface area contributed by atoms with Crippen LogP contribution in [-0.2, 0) is 9.53 Å². The number of hydrogen-bond acceptors (Lipinski definition) is 4. The van der Waals surface area contributed by atoms with Crippen molar-refractivity contribution in [1.82, 2.24) is 0 Å². The zero-order valence-corrected chi connectivity index (χ0v) is 9.55. The van der Waals surface area contributed by atoms with Crippen molar-refractivity contribution in [2.45, 2.75) is 12.8 Å². The molecule has 0 amide bonds. The van der Waals surface area contributed by atoms with E-state index in [1.807, 2.05) is 6.07 Å². The molecule has 0 aliphatic carbocycles. The van der Waals surface area contributed by atoms with Gasteiger partial charge in [0.2, 0.25) is 0 Å². The van der Waals surface area contributed by atoms with Gasteiger partial charge in [0.1, 0.15) is 0 Å². The molecular formula is C13H13NO3. The lowest BCUT2D eigenvalue weighted by Crippen LogP contribution is -2.19. The van der Waals surface area contributed by atoms with Crippen molar-refractivity contribution < 1.29 is 14.3 Å². The van der Waals surface area contributed by atoms with Crippen LogP contribution < -0.4 is 0 Å². The van der Waals surface area contributed by atoms with Crippen LogP contribution in [0.4, 0.5) is 0 Å². The number of nitriles is 1. The molecule has 0 aliphatic heterocycles. The SMILES string of the molecule is COC(=O)CC(CC#N)C(=O)c1ccccc1. The lowest BCUT2D eigenvalue weighted by atomic mass is 9.92.